The number of hydrogen-bond acceptors (Lipinski definition) is 4. The van der Waals surface area contributed by atoms with Gasteiger partial charge in [-0.25, -0.2) is 9.97 Å². The summed E-state index contributed by atoms with van der Waals surface area (Å²) in [7, 11) is 1.67. The molecule has 0 radical (unpaired) electrons. The Kier molecular flexibility index (Phi) is 4.83. The summed E-state index contributed by atoms with van der Waals surface area (Å²) < 4.78 is 5.10. The molecule has 1 heterocycles. The smallest absolute Gasteiger partial charge is 0.130 e. The van der Waals surface area contributed by atoms with Crippen LogP contribution < -0.4 is 5.73 Å². The van der Waals surface area contributed by atoms with Gasteiger partial charge < -0.3 is 10.5 Å². The Morgan fingerprint density at radius 2 is 2.00 bits per heavy atom. The van der Waals surface area contributed by atoms with Crippen molar-refractivity contribution in [3.05, 3.63) is 23.3 Å². The summed E-state index contributed by atoms with van der Waals surface area (Å²) in [6.07, 6.45) is 0.706. The van der Waals surface area contributed by atoms with Crippen LogP contribution in [0.5, 0.6) is 0 Å². The number of ether oxygens (including phenoxy) is 1. The maximum Gasteiger partial charge on any atom is 0.130 e. The van der Waals surface area contributed by atoms with E-state index in [1.807, 2.05) is 13.0 Å². The summed E-state index contributed by atoms with van der Waals surface area (Å²) in [6.45, 7) is 6.72. The number of aromatic nitrogens is 2. The zero-order chi connectivity index (χ0) is 12.1. The summed E-state index contributed by atoms with van der Waals surface area (Å²) in [4.78, 5) is 8.94. The molecule has 90 valence electrons. The molecule has 0 aliphatic carbocycles. The molecule has 1 aromatic heterocycles. The highest BCUT2D eigenvalue weighted by molar-refractivity contribution is 5.14. The van der Waals surface area contributed by atoms with Crippen LogP contribution in [0.3, 0.4) is 0 Å². The van der Waals surface area contributed by atoms with Crippen LogP contribution in [0.25, 0.3) is 0 Å². The third-order valence-corrected chi connectivity index (χ3v) is 2.23. The normalized spacial score (nSPS) is 13.1. The van der Waals surface area contributed by atoms with Crippen LogP contribution in [-0.4, -0.2) is 23.1 Å². The number of rotatable bonds is 5. The Bertz CT molecular complexity index is 337. The van der Waals surface area contributed by atoms with E-state index in [2.05, 4.69) is 23.8 Å². The highest BCUT2D eigenvalue weighted by Crippen LogP contribution is 2.13. The van der Waals surface area contributed by atoms with Crippen LogP contribution in [0.1, 0.15) is 43.9 Å². The molecule has 0 aliphatic rings. The van der Waals surface area contributed by atoms with E-state index in [0.29, 0.717) is 18.9 Å². The lowest BCUT2D eigenvalue weighted by Crippen LogP contribution is -2.20. The fourth-order valence-corrected chi connectivity index (χ4v) is 1.47. The van der Waals surface area contributed by atoms with E-state index in [9.17, 15) is 0 Å². The van der Waals surface area contributed by atoms with Crippen molar-refractivity contribution in [1.29, 1.82) is 0 Å². The molecule has 0 aromatic carbocycles. The van der Waals surface area contributed by atoms with Crippen molar-refractivity contribution < 1.29 is 4.74 Å². The van der Waals surface area contributed by atoms with Crippen molar-refractivity contribution in [1.82, 2.24) is 9.97 Å². The molecule has 4 heteroatoms. The lowest BCUT2D eigenvalue weighted by molar-refractivity contribution is 0.181. The van der Waals surface area contributed by atoms with Crippen LogP contribution in [0.2, 0.25) is 0 Å². The van der Waals surface area contributed by atoms with Gasteiger partial charge in [0.2, 0.25) is 0 Å². The fraction of sp³-hybridized carbons (Fsp3) is 0.667. The van der Waals surface area contributed by atoms with Crippen LogP contribution in [0.15, 0.2) is 6.07 Å². The van der Waals surface area contributed by atoms with Gasteiger partial charge in [0.05, 0.1) is 12.3 Å². The maximum absolute atomic E-state index is 5.76. The topological polar surface area (TPSA) is 61.0 Å². The molecule has 2 N–H and O–H groups in total. The molecule has 1 aromatic rings. The van der Waals surface area contributed by atoms with Gasteiger partial charge in [0, 0.05) is 25.3 Å². The zero-order valence-electron chi connectivity index (χ0n) is 10.5. The SMILES string of the molecule is COCc1cc(C(C)C)nc(CC(C)N)n1. The molecule has 1 rings (SSSR count). The first-order valence-electron chi connectivity index (χ1n) is 5.64. The fourth-order valence-electron chi connectivity index (χ4n) is 1.47. The van der Waals surface area contributed by atoms with E-state index in [-0.39, 0.29) is 6.04 Å². The molecular formula is C12H21N3O. The molecule has 0 bridgehead atoms. The number of methoxy groups -OCH3 is 1. The van der Waals surface area contributed by atoms with Gasteiger partial charge in [-0.2, -0.15) is 0 Å². The third-order valence-electron chi connectivity index (χ3n) is 2.23. The predicted octanol–water partition coefficient (Wildman–Crippen LogP) is 1.64. The molecule has 1 unspecified atom stereocenters. The second-order valence-electron chi connectivity index (χ2n) is 4.47. The minimum absolute atomic E-state index is 0.0813. The average molecular weight is 223 g/mol. The Morgan fingerprint density at radius 3 is 2.50 bits per heavy atom. The Balaban J connectivity index is 2.98. The molecule has 0 saturated carbocycles. The summed E-state index contributed by atoms with van der Waals surface area (Å²) in [6, 6.07) is 2.08. The second kappa shape index (κ2) is 5.92. The quantitative estimate of drug-likeness (QED) is 0.824. The van der Waals surface area contributed by atoms with Gasteiger partial charge in [0.15, 0.2) is 0 Å². The first-order chi connectivity index (χ1) is 7.52. The molecule has 0 aliphatic heterocycles. The van der Waals surface area contributed by atoms with Crippen LogP contribution in [0.4, 0.5) is 0 Å². The summed E-state index contributed by atoms with van der Waals surface area (Å²) in [5.74, 6) is 1.21. The standard InChI is InChI=1S/C12H21N3O/c1-8(2)11-6-10(7-16-4)14-12(15-11)5-9(3)13/h6,8-9H,5,7,13H2,1-4H3. The highest BCUT2D eigenvalue weighted by Gasteiger charge is 2.09. The molecule has 4 nitrogen and oxygen atoms in total. The number of hydrogen-bond donors (Lipinski definition) is 1. The van der Waals surface area contributed by atoms with Crippen molar-refractivity contribution in [2.45, 2.75) is 45.8 Å². The van der Waals surface area contributed by atoms with Gasteiger partial charge in [-0.1, -0.05) is 13.8 Å². The maximum atomic E-state index is 5.76. The summed E-state index contributed by atoms with van der Waals surface area (Å²) in [5.41, 5.74) is 7.74. The first-order valence-corrected chi connectivity index (χ1v) is 5.64. The molecule has 0 amide bonds. The van der Waals surface area contributed by atoms with Crippen molar-refractivity contribution in [2.75, 3.05) is 7.11 Å². The van der Waals surface area contributed by atoms with Crippen LogP contribution >= 0.6 is 0 Å². The minimum atomic E-state index is 0.0813. The van der Waals surface area contributed by atoms with Crippen molar-refractivity contribution in [2.24, 2.45) is 5.73 Å². The Morgan fingerprint density at radius 1 is 1.31 bits per heavy atom. The van der Waals surface area contributed by atoms with E-state index in [1.54, 1.807) is 7.11 Å². The van der Waals surface area contributed by atoms with Gasteiger partial charge in [-0.05, 0) is 18.9 Å². The Hall–Kier alpha value is -1.00. The minimum Gasteiger partial charge on any atom is -0.378 e. The predicted molar refractivity (Wildman–Crippen MR) is 64.2 cm³/mol. The average Bonchev–Trinajstić information content (AvgIpc) is 2.16. The molecule has 0 saturated heterocycles. The molecule has 0 fully saturated rings. The van der Waals surface area contributed by atoms with E-state index in [4.69, 9.17) is 10.5 Å². The number of nitrogens with two attached hydrogens (primary N) is 1. The van der Waals surface area contributed by atoms with Crippen LogP contribution in [0, 0.1) is 0 Å². The van der Waals surface area contributed by atoms with E-state index in [1.165, 1.54) is 0 Å². The lowest BCUT2D eigenvalue weighted by atomic mass is 10.1. The third kappa shape index (κ3) is 3.87. The zero-order valence-corrected chi connectivity index (χ0v) is 10.5. The van der Waals surface area contributed by atoms with E-state index < -0.39 is 0 Å². The largest absolute Gasteiger partial charge is 0.378 e. The van der Waals surface area contributed by atoms with Crippen molar-refractivity contribution >= 4 is 0 Å². The number of nitrogens with zero attached hydrogens (tertiary/aromatic N) is 2. The summed E-state index contributed by atoms with van der Waals surface area (Å²) >= 11 is 0. The molecule has 0 spiro atoms. The van der Waals surface area contributed by atoms with Gasteiger partial charge in [-0.15, -0.1) is 0 Å². The van der Waals surface area contributed by atoms with Crippen LogP contribution in [-0.2, 0) is 17.8 Å². The Labute approximate surface area is 97.2 Å². The lowest BCUT2D eigenvalue weighted by Gasteiger charge is -2.11. The molecular weight excluding hydrogens is 202 g/mol. The van der Waals surface area contributed by atoms with Crippen molar-refractivity contribution in [3.63, 3.8) is 0 Å². The van der Waals surface area contributed by atoms with Gasteiger partial charge in [0.25, 0.3) is 0 Å². The summed E-state index contributed by atoms with van der Waals surface area (Å²) in [5, 5.41) is 0. The molecule has 1 atom stereocenters. The first kappa shape index (κ1) is 13.1. The second-order valence-corrected chi connectivity index (χ2v) is 4.47. The van der Waals surface area contributed by atoms with Crippen molar-refractivity contribution in [3.8, 4) is 0 Å². The van der Waals surface area contributed by atoms with Gasteiger partial charge in [-0.3, -0.25) is 0 Å². The molecule has 16 heavy (non-hydrogen) atoms. The van der Waals surface area contributed by atoms with E-state index in [0.717, 1.165) is 17.2 Å². The van der Waals surface area contributed by atoms with Gasteiger partial charge >= 0.3 is 0 Å². The van der Waals surface area contributed by atoms with E-state index >= 15 is 0 Å². The van der Waals surface area contributed by atoms with Gasteiger partial charge in [0.1, 0.15) is 5.82 Å². The monoisotopic (exact) mass is 223 g/mol. The highest BCUT2D eigenvalue weighted by atomic mass is 16.5.